The van der Waals surface area contributed by atoms with Gasteiger partial charge in [-0.1, -0.05) is 19.3 Å². The number of amides is 1. The smallest absolute Gasteiger partial charge is 0.237 e. The van der Waals surface area contributed by atoms with E-state index in [0.29, 0.717) is 12.1 Å². The highest BCUT2D eigenvalue weighted by Crippen LogP contribution is 2.35. The Morgan fingerprint density at radius 1 is 1.00 bits per heavy atom. The van der Waals surface area contributed by atoms with Gasteiger partial charge in [0.05, 0.1) is 5.54 Å². The lowest BCUT2D eigenvalue weighted by Crippen LogP contribution is -2.61. The van der Waals surface area contributed by atoms with Gasteiger partial charge < -0.3 is 16.0 Å². The van der Waals surface area contributed by atoms with Gasteiger partial charge in [0.1, 0.15) is 0 Å². The summed E-state index contributed by atoms with van der Waals surface area (Å²) >= 11 is 0. The maximum atomic E-state index is 12.1. The van der Waals surface area contributed by atoms with Gasteiger partial charge in [-0.05, 0) is 64.5 Å². The largest absolute Gasteiger partial charge is 0.368 e. The third-order valence-electron chi connectivity index (χ3n) is 5.66. The number of primary amides is 1. The molecule has 1 aliphatic heterocycles. The molecular formula is C17H31N3O. The molecule has 1 amide bonds. The van der Waals surface area contributed by atoms with Crippen LogP contribution in [-0.2, 0) is 4.79 Å². The lowest BCUT2D eigenvalue weighted by atomic mass is 9.77. The van der Waals surface area contributed by atoms with Crippen molar-refractivity contribution in [2.75, 3.05) is 13.1 Å². The number of nitrogens with two attached hydrogens (primary N) is 1. The maximum Gasteiger partial charge on any atom is 0.237 e. The van der Waals surface area contributed by atoms with E-state index in [-0.39, 0.29) is 5.91 Å². The van der Waals surface area contributed by atoms with Gasteiger partial charge >= 0.3 is 0 Å². The number of carbonyl (C=O) groups excluding carboxylic acids is 1. The molecule has 3 fully saturated rings. The van der Waals surface area contributed by atoms with E-state index in [4.69, 9.17) is 5.73 Å². The second kappa shape index (κ2) is 6.66. The number of hydrogen-bond donors (Lipinski definition) is 2. The molecule has 0 spiro atoms. The predicted octanol–water partition coefficient (Wildman–Crippen LogP) is 2.17. The third-order valence-corrected chi connectivity index (χ3v) is 5.66. The fourth-order valence-electron chi connectivity index (χ4n) is 4.24. The van der Waals surface area contributed by atoms with Gasteiger partial charge in [0.15, 0.2) is 0 Å². The number of rotatable bonds is 4. The van der Waals surface area contributed by atoms with Gasteiger partial charge in [-0.2, -0.15) is 0 Å². The molecule has 120 valence electrons. The van der Waals surface area contributed by atoms with Crippen molar-refractivity contribution in [3.8, 4) is 0 Å². The van der Waals surface area contributed by atoms with Crippen LogP contribution in [0.4, 0.5) is 0 Å². The molecule has 1 saturated heterocycles. The van der Waals surface area contributed by atoms with E-state index in [0.717, 1.165) is 19.3 Å². The Kier molecular flexibility index (Phi) is 4.85. The SMILES string of the molecule is NC(=O)C1(NC2CC2)CCCC(N2CCCCCCC2)C1. The van der Waals surface area contributed by atoms with Crippen molar-refractivity contribution >= 4 is 5.91 Å². The van der Waals surface area contributed by atoms with Gasteiger partial charge in [-0.3, -0.25) is 4.79 Å². The summed E-state index contributed by atoms with van der Waals surface area (Å²) in [7, 11) is 0. The number of nitrogens with zero attached hydrogens (tertiary/aromatic N) is 1. The van der Waals surface area contributed by atoms with Crippen LogP contribution in [0.1, 0.15) is 70.6 Å². The predicted molar refractivity (Wildman–Crippen MR) is 85.0 cm³/mol. The van der Waals surface area contributed by atoms with Crippen molar-refractivity contribution in [3.63, 3.8) is 0 Å². The molecule has 0 aromatic heterocycles. The number of nitrogens with one attached hydrogen (secondary N) is 1. The molecule has 0 aromatic rings. The lowest BCUT2D eigenvalue weighted by molar-refractivity contribution is -0.127. The van der Waals surface area contributed by atoms with Gasteiger partial charge in [0.25, 0.3) is 0 Å². The Hall–Kier alpha value is -0.610. The average Bonchev–Trinajstić information content (AvgIpc) is 3.22. The van der Waals surface area contributed by atoms with Crippen LogP contribution >= 0.6 is 0 Å². The number of carbonyl (C=O) groups is 1. The normalized spacial score (nSPS) is 35.9. The molecule has 3 N–H and O–H groups in total. The van der Waals surface area contributed by atoms with Crippen LogP contribution in [0.5, 0.6) is 0 Å². The summed E-state index contributed by atoms with van der Waals surface area (Å²) in [5, 5.41) is 3.60. The third kappa shape index (κ3) is 3.78. The van der Waals surface area contributed by atoms with E-state index in [9.17, 15) is 4.79 Å². The van der Waals surface area contributed by atoms with Crippen molar-refractivity contribution in [3.05, 3.63) is 0 Å². The topological polar surface area (TPSA) is 58.4 Å². The van der Waals surface area contributed by atoms with E-state index >= 15 is 0 Å². The molecule has 3 aliphatic rings. The Balaban J connectivity index is 1.66. The van der Waals surface area contributed by atoms with Crippen LogP contribution in [0.3, 0.4) is 0 Å². The highest BCUT2D eigenvalue weighted by Gasteiger charge is 2.45. The van der Waals surface area contributed by atoms with Crippen LogP contribution in [0.2, 0.25) is 0 Å². The molecule has 2 unspecified atom stereocenters. The van der Waals surface area contributed by atoms with Gasteiger partial charge in [-0.15, -0.1) is 0 Å². The molecular weight excluding hydrogens is 262 g/mol. The molecule has 0 aromatic carbocycles. The number of likely N-dealkylation sites (tertiary alicyclic amines) is 1. The molecule has 4 heteroatoms. The average molecular weight is 293 g/mol. The summed E-state index contributed by atoms with van der Waals surface area (Å²) in [6, 6.07) is 1.10. The molecule has 2 saturated carbocycles. The van der Waals surface area contributed by atoms with Crippen LogP contribution in [0.15, 0.2) is 0 Å². The maximum absolute atomic E-state index is 12.1. The lowest BCUT2D eigenvalue weighted by Gasteiger charge is -2.44. The Bertz CT molecular complexity index is 361. The van der Waals surface area contributed by atoms with Gasteiger partial charge in [-0.25, -0.2) is 0 Å². The molecule has 0 bridgehead atoms. The number of hydrogen-bond acceptors (Lipinski definition) is 3. The first-order chi connectivity index (χ1) is 10.2. The van der Waals surface area contributed by atoms with Crippen molar-refractivity contribution < 1.29 is 4.79 Å². The van der Waals surface area contributed by atoms with E-state index in [1.54, 1.807) is 0 Å². The minimum atomic E-state index is -0.424. The molecule has 2 aliphatic carbocycles. The summed E-state index contributed by atoms with van der Waals surface area (Å²) in [5.41, 5.74) is 5.38. The summed E-state index contributed by atoms with van der Waals surface area (Å²) < 4.78 is 0. The summed E-state index contributed by atoms with van der Waals surface area (Å²) in [5.74, 6) is -0.119. The second-order valence-corrected chi connectivity index (χ2v) is 7.42. The fraction of sp³-hybridized carbons (Fsp3) is 0.941. The van der Waals surface area contributed by atoms with E-state index in [2.05, 4.69) is 10.2 Å². The minimum absolute atomic E-state index is 0.119. The monoisotopic (exact) mass is 293 g/mol. The summed E-state index contributed by atoms with van der Waals surface area (Å²) in [6.07, 6.45) is 13.4. The minimum Gasteiger partial charge on any atom is -0.368 e. The first-order valence-electron chi connectivity index (χ1n) is 9.01. The standard InChI is InChI=1S/C17H31N3O/c18-16(21)17(19-14-8-9-14)10-6-7-15(13-17)20-11-4-2-1-3-5-12-20/h14-15,19H,1-13H2,(H2,18,21). The van der Waals surface area contributed by atoms with Crippen LogP contribution in [-0.4, -0.2) is 41.5 Å². The molecule has 2 atom stereocenters. The van der Waals surface area contributed by atoms with Gasteiger partial charge in [0.2, 0.25) is 5.91 Å². The van der Waals surface area contributed by atoms with Crippen molar-refractivity contribution in [1.82, 2.24) is 10.2 Å². The molecule has 3 rings (SSSR count). The van der Waals surface area contributed by atoms with Crippen LogP contribution in [0.25, 0.3) is 0 Å². The molecule has 21 heavy (non-hydrogen) atoms. The summed E-state index contributed by atoms with van der Waals surface area (Å²) in [6.45, 7) is 2.42. The van der Waals surface area contributed by atoms with Crippen molar-refractivity contribution in [2.45, 2.75) is 88.3 Å². The molecule has 1 heterocycles. The summed E-state index contributed by atoms with van der Waals surface area (Å²) in [4.78, 5) is 14.8. The highest BCUT2D eigenvalue weighted by molar-refractivity contribution is 5.85. The zero-order valence-corrected chi connectivity index (χ0v) is 13.3. The Labute approximate surface area is 128 Å². The Morgan fingerprint density at radius 3 is 2.29 bits per heavy atom. The van der Waals surface area contributed by atoms with Crippen molar-refractivity contribution in [1.29, 1.82) is 0 Å². The van der Waals surface area contributed by atoms with Crippen LogP contribution < -0.4 is 11.1 Å². The van der Waals surface area contributed by atoms with E-state index in [1.807, 2.05) is 0 Å². The van der Waals surface area contributed by atoms with Crippen LogP contribution in [0, 0.1) is 0 Å². The first kappa shape index (κ1) is 15.3. The van der Waals surface area contributed by atoms with E-state index < -0.39 is 5.54 Å². The highest BCUT2D eigenvalue weighted by atomic mass is 16.1. The zero-order valence-electron chi connectivity index (χ0n) is 13.3. The van der Waals surface area contributed by atoms with E-state index in [1.165, 1.54) is 64.5 Å². The molecule has 4 nitrogen and oxygen atoms in total. The first-order valence-corrected chi connectivity index (χ1v) is 9.01. The quantitative estimate of drug-likeness (QED) is 0.835. The second-order valence-electron chi connectivity index (χ2n) is 7.42. The molecule has 0 radical (unpaired) electrons. The van der Waals surface area contributed by atoms with Crippen molar-refractivity contribution in [2.24, 2.45) is 5.73 Å². The Morgan fingerprint density at radius 2 is 1.67 bits per heavy atom. The van der Waals surface area contributed by atoms with Gasteiger partial charge in [0, 0.05) is 12.1 Å². The zero-order chi connectivity index (χ0) is 14.7. The fourth-order valence-corrected chi connectivity index (χ4v) is 4.24.